The third kappa shape index (κ3) is 33.4. The summed E-state index contributed by atoms with van der Waals surface area (Å²) in [6.07, 6.45) is 55.6. The first-order valence-electron chi connectivity index (χ1n) is 15.3. The van der Waals surface area contributed by atoms with E-state index in [4.69, 9.17) is 5.11 Å². The summed E-state index contributed by atoms with van der Waals surface area (Å²) < 4.78 is 0. The average molecular weight is 521 g/mol. The summed E-state index contributed by atoms with van der Waals surface area (Å²) in [7, 11) is 0. The van der Waals surface area contributed by atoms with Crippen LogP contribution in [0.2, 0.25) is 0 Å². The molecule has 1 N–H and O–H groups in total. The molecule has 0 aromatic carbocycles. The Kier molecular flexibility index (Phi) is 30.2. The van der Waals surface area contributed by atoms with Gasteiger partial charge in [-0.05, 0) is 12.8 Å². The van der Waals surface area contributed by atoms with E-state index in [-0.39, 0.29) is 0 Å². The average Bonchev–Trinajstić information content (AvgIpc) is 2.91. The Labute approximate surface area is 235 Å². The van der Waals surface area contributed by atoms with Crippen LogP contribution in [0.3, 0.4) is 0 Å². The molecule has 0 aliphatic heterocycles. The van der Waals surface area contributed by atoms with Gasteiger partial charge in [0.25, 0.3) is 0 Å². The summed E-state index contributed by atoms with van der Waals surface area (Å²) in [6, 6.07) is 0. The zero-order chi connectivity index (χ0) is 27.6. The van der Waals surface area contributed by atoms with Crippen molar-refractivity contribution in [3.63, 3.8) is 0 Å². The molecule has 0 aliphatic carbocycles. The predicted octanol–water partition coefficient (Wildman–Crippen LogP) is 11.6. The van der Waals surface area contributed by atoms with Crippen molar-refractivity contribution in [1.29, 1.82) is 0 Å². The molecule has 2 heteroatoms. The standard InChI is InChI=1S/C36H56O2/c1-2-3-4-5-6-7-8-9-10-11-12-13-14-15-16-17-18-19-20-21-22-23-24-25-26-27-28-29-30-31-32-33-34-35-36(37)38/h20-35H,2-19H2,1H3,(H,37,38). The smallest absolute Gasteiger partial charge is 0.328 e. The first-order valence-corrected chi connectivity index (χ1v) is 15.3. The highest BCUT2D eigenvalue weighted by Gasteiger charge is 1.94. The Hall–Kier alpha value is -2.61. The number of carbonyl (C=O) groups is 1. The highest BCUT2D eigenvalue weighted by Crippen LogP contribution is 2.14. The van der Waals surface area contributed by atoms with E-state index >= 15 is 0 Å². The topological polar surface area (TPSA) is 37.3 Å². The summed E-state index contributed by atoms with van der Waals surface area (Å²) in [5.41, 5.74) is 0. The lowest BCUT2D eigenvalue weighted by Gasteiger charge is -2.03. The van der Waals surface area contributed by atoms with Gasteiger partial charge in [-0.15, -0.1) is 0 Å². The van der Waals surface area contributed by atoms with Crippen molar-refractivity contribution in [2.24, 2.45) is 0 Å². The largest absolute Gasteiger partial charge is 0.478 e. The van der Waals surface area contributed by atoms with Crippen LogP contribution in [0.5, 0.6) is 0 Å². The van der Waals surface area contributed by atoms with Gasteiger partial charge < -0.3 is 5.11 Å². The normalized spacial score (nSPS) is 13.1. The van der Waals surface area contributed by atoms with E-state index in [1.807, 2.05) is 48.6 Å². The number of aliphatic carboxylic acids is 1. The lowest BCUT2D eigenvalue weighted by atomic mass is 10.0. The van der Waals surface area contributed by atoms with E-state index in [1.54, 1.807) is 12.2 Å². The monoisotopic (exact) mass is 520 g/mol. The van der Waals surface area contributed by atoms with E-state index < -0.39 is 5.97 Å². The van der Waals surface area contributed by atoms with Crippen molar-refractivity contribution >= 4 is 5.97 Å². The summed E-state index contributed by atoms with van der Waals surface area (Å²) in [5, 5.41) is 8.46. The van der Waals surface area contributed by atoms with E-state index in [9.17, 15) is 4.79 Å². The summed E-state index contributed by atoms with van der Waals surface area (Å²) in [5.74, 6) is -0.941. The van der Waals surface area contributed by atoms with Crippen molar-refractivity contribution < 1.29 is 9.90 Å². The van der Waals surface area contributed by atoms with Crippen molar-refractivity contribution in [2.45, 2.75) is 122 Å². The van der Waals surface area contributed by atoms with Crippen LogP contribution in [0.1, 0.15) is 122 Å². The van der Waals surface area contributed by atoms with Crippen LogP contribution < -0.4 is 0 Å². The first kappa shape index (κ1) is 35.4. The van der Waals surface area contributed by atoms with Crippen LogP contribution in [-0.2, 0) is 4.79 Å². The van der Waals surface area contributed by atoms with Gasteiger partial charge in [-0.3, -0.25) is 0 Å². The molecule has 0 bridgehead atoms. The lowest BCUT2D eigenvalue weighted by Crippen LogP contribution is -1.84. The molecule has 0 heterocycles. The molecule has 0 saturated heterocycles. The number of hydrogen-bond donors (Lipinski definition) is 1. The fourth-order valence-electron chi connectivity index (χ4n) is 4.07. The highest BCUT2D eigenvalue weighted by molar-refractivity contribution is 5.80. The molecule has 0 radical (unpaired) electrons. The minimum atomic E-state index is -0.941. The second-order valence-electron chi connectivity index (χ2n) is 9.88. The molecule has 0 amide bonds. The molecule has 0 atom stereocenters. The molecule has 0 aromatic rings. The molecule has 38 heavy (non-hydrogen) atoms. The summed E-state index contributed by atoms with van der Waals surface area (Å²) >= 11 is 0. The van der Waals surface area contributed by atoms with Crippen LogP contribution in [0, 0.1) is 0 Å². The van der Waals surface area contributed by atoms with Crippen molar-refractivity contribution in [3.05, 3.63) is 97.2 Å². The molecular weight excluding hydrogens is 464 g/mol. The van der Waals surface area contributed by atoms with Gasteiger partial charge in [-0.1, -0.05) is 201 Å². The van der Waals surface area contributed by atoms with E-state index in [1.165, 1.54) is 122 Å². The molecular formula is C36H56O2. The molecule has 0 aromatic heterocycles. The molecule has 0 aliphatic rings. The Morgan fingerprint density at radius 2 is 0.711 bits per heavy atom. The number of carboxylic acids is 1. The van der Waals surface area contributed by atoms with Gasteiger partial charge in [-0.25, -0.2) is 4.79 Å². The fourth-order valence-corrected chi connectivity index (χ4v) is 4.07. The summed E-state index contributed by atoms with van der Waals surface area (Å²) in [4.78, 5) is 10.3. The summed E-state index contributed by atoms with van der Waals surface area (Å²) in [6.45, 7) is 2.29. The highest BCUT2D eigenvalue weighted by atomic mass is 16.4. The van der Waals surface area contributed by atoms with Crippen LogP contribution in [0.4, 0.5) is 0 Å². The maximum Gasteiger partial charge on any atom is 0.328 e. The SMILES string of the molecule is CCCCCCCCCCCCCCCCCCCC=CC=CC=CC=CC=CC=CC=CC=CC(=O)O. The Morgan fingerprint density at radius 1 is 0.421 bits per heavy atom. The van der Waals surface area contributed by atoms with E-state index in [0.29, 0.717) is 0 Å². The molecule has 0 rings (SSSR count). The first-order chi connectivity index (χ1) is 18.8. The number of carboxylic acid groups (broad SMARTS) is 1. The number of rotatable bonds is 26. The molecule has 0 unspecified atom stereocenters. The molecule has 0 spiro atoms. The van der Waals surface area contributed by atoms with E-state index in [2.05, 4.69) is 31.2 Å². The van der Waals surface area contributed by atoms with Crippen molar-refractivity contribution in [2.75, 3.05) is 0 Å². The zero-order valence-electron chi connectivity index (χ0n) is 24.3. The third-order valence-corrected chi connectivity index (χ3v) is 6.29. The van der Waals surface area contributed by atoms with Crippen LogP contribution in [0.15, 0.2) is 97.2 Å². The van der Waals surface area contributed by atoms with Crippen molar-refractivity contribution in [1.82, 2.24) is 0 Å². The Balaban J connectivity index is 3.45. The van der Waals surface area contributed by atoms with Crippen molar-refractivity contribution in [3.8, 4) is 0 Å². The van der Waals surface area contributed by atoms with Gasteiger partial charge in [0.15, 0.2) is 0 Å². The predicted molar refractivity (Wildman–Crippen MR) is 170 cm³/mol. The van der Waals surface area contributed by atoms with Crippen LogP contribution >= 0.6 is 0 Å². The Bertz CT molecular complexity index is 743. The van der Waals surface area contributed by atoms with Gasteiger partial charge in [0.1, 0.15) is 0 Å². The minimum absolute atomic E-state index is 0.941. The number of hydrogen-bond acceptors (Lipinski definition) is 1. The van der Waals surface area contributed by atoms with Gasteiger partial charge in [-0.2, -0.15) is 0 Å². The van der Waals surface area contributed by atoms with Crippen LogP contribution in [-0.4, -0.2) is 11.1 Å². The molecule has 0 fully saturated rings. The number of unbranched alkanes of at least 4 members (excludes halogenated alkanes) is 17. The van der Waals surface area contributed by atoms with Gasteiger partial charge in [0.05, 0.1) is 0 Å². The lowest BCUT2D eigenvalue weighted by molar-refractivity contribution is -0.131. The van der Waals surface area contributed by atoms with Gasteiger partial charge in [0, 0.05) is 6.08 Å². The van der Waals surface area contributed by atoms with Gasteiger partial charge >= 0.3 is 5.97 Å². The zero-order valence-corrected chi connectivity index (χ0v) is 24.3. The molecule has 2 nitrogen and oxygen atoms in total. The Morgan fingerprint density at radius 3 is 1.05 bits per heavy atom. The van der Waals surface area contributed by atoms with Crippen LogP contribution in [0.25, 0.3) is 0 Å². The fraction of sp³-hybridized carbons (Fsp3) is 0.528. The number of allylic oxidation sites excluding steroid dienone is 15. The maximum atomic E-state index is 10.3. The van der Waals surface area contributed by atoms with E-state index in [0.717, 1.165) is 6.08 Å². The molecule has 0 saturated carbocycles. The molecule has 212 valence electrons. The second-order valence-corrected chi connectivity index (χ2v) is 9.88. The van der Waals surface area contributed by atoms with Gasteiger partial charge in [0.2, 0.25) is 0 Å². The third-order valence-electron chi connectivity index (χ3n) is 6.29. The minimum Gasteiger partial charge on any atom is -0.478 e. The second kappa shape index (κ2) is 32.4. The quantitative estimate of drug-likeness (QED) is 0.0699. The maximum absolute atomic E-state index is 10.3.